The minimum Gasteiger partial charge on any atom is -0.399 e. The second-order valence-electron chi connectivity index (χ2n) is 5.01. The van der Waals surface area contributed by atoms with Crippen molar-refractivity contribution in [3.8, 4) is 0 Å². The van der Waals surface area contributed by atoms with Crippen LogP contribution in [0.3, 0.4) is 0 Å². The van der Waals surface area contributed by atoms with E-state index in [2.05, 4.69) is 21.2 Å². The number of carbonyl (C=O) groups is 1. The van der Waals surface area contributed by atoms with Crippen LogP contribution in [0.2, 0.25) is 0 Å². The number of nitrogen functional groups attached to an aromatic ring is 1. The number of halogens is 1. The molecule has 1 amide bonds. The number of amides is 1. The van der Waals surface area contributed by atoms with E-state index in [1.165, 1.54) is 0 Å². The predicted molar refractivity (Wildman–Crippen MR) is 89.9 cm³/mol. The normalized spacial score (nSPS) is 11.9. The van der Waals surface area contributed by atoms with Gasteiger partial charge in [0.15, 0.2) is 0 Å². The van der Waals surface area contributed by atoms with Crippen LogP contribution in [0.4, 0.5) is 5.69 Å². The molecule has 4 heteroatoms. The van der Waals surface area contributed by atoms with E-state index >= 15 is 0 Å². The Balaban J connectivity index is 1.90. The van der Waals surface area contributed by atoms with Crippen molar-refractivity contribution >= 4 is 27.5 Å². The summed E-state index contributed by atoms with van der Waals surface area (Å²) in [5, 5.41) is 3.02. The molecule has 2 aromatic rings. The van der Waals surface area contributed by atoms with Crippen molar-refractivity contribution in [1.82, 2.24) is 5.32 Å². The molecule has 3 N–H and O–H groups in total. The maximum atomic E-state index is 12.1. The highest BCUT2D eigenvalue weighted by atomic mass is 79.9. The molecule has 110 valence electrons. The third kappa shape index (κ3) is 4.33. The highest BCUT2D eigenvalue weighted by Crippen LogP contribution is 2.22. The van der Waals surface area contributed by atoms with E-state index in [0.717, 1.165) is 21.3 Å². The SMILES string of the molecule is CC(NC(=O)CCc1ccccc1N)c1ccccc1Br. The molecule has 0 fully saturated rings. The van der Waals surface area contributed by atoms with Crippen LogP contribution in [0.25, 0.3) is 0 Å². The zero-order chi connectivity index (χ0) is 15.2. The van der Waals surface area contributed by atoms with Crippen molar-refractivity contribution in [3.05, 3.63) is 64.1 Å². The van der Waals surface area contributed by atoms with Crippen molar-refractivity contribution in [1.29, 1.82) is 0 Å². The molecule has 0 saturated heterocycles. The predicted octanol–water partition coefficient (Wildman–Crippen LogP) is 3.84. The molecule has 2 rings (SSSR count). The number of carbonyl (C=O) groups excluding carboxylic acids is 1. The summed E-state index contributed by atoms with van der Waals surface area (Å²) >= 11 is 3.50. The lowest BCUT2D eigenvalue weighted by Gasteiger charge is -2.16. The molecule has 0 aliphatic carbocycles. The number of rotatable bonds is 5. The van der Waals surface area contributed by atoms with E-state index in [1.807, 2.05) is 55.5 Å². The van der Waals surface area contributed by atoms with Gasteiger partial charge in [0.25, 0.3) is 0 Å². The van der Waals surface area contributed by atoms with Gasteiger partial charge in [-0.1, -0.05) is 52.3 Å². The lowest BCUT2D eigenvalue weighted by atomic mass is 10.1. The quantitative estimate of drug-likeness (QED) is 0.808. The average molecular weight is 347 g/mol. The highest BCUT2D eigenvalue weighted by molar-refractivity contribution is 9.10. The molecule has 0 heterocycles. The summed E-state index contributed by atoms with van der Waals surface area (Å²) in [4.78, 5) is 12.1. The maximum absolute atomic E-state index is 12.1. The van der Waals surface area contributed by atoms with Gasteiger partial charge in [-0.25, -0.2) is 0 Å². The molecule has 21 heavy (non-hydrogen) atoms. The Bertz CT molecular complexity index is 628. The fourth-order valence-corrected chi connectivity index (χ4v) is 2.86. The Morgan fingerprint density at radius 3 is 2.57 bits per heavy atom. The third-order valence-corrected chi connectivity index (χ3v) is 4.15. The number of aryl methyl sites for hydroxylation is 1. The first-order valence-corrected chi connectivity index (χ1v) is 7.74. The molecule has 2 aromatic carbocycles. The number of nitrogens with two attached hydrogens (primary N) is 1. The van der Waals surface area contributed by atoms with Crippen LogP contribution in [0.5, 0.6) is 0 Å². The molecule has 3 nitrogen and oxygen atoms in total. The Hall–Kier alpha value is -1.81. The third-order valence-electron chi connectivity index (χ3n) is 3.43. The summed E-state index contributed by atoms with van der Waals surface area (Å²) in [5.74, 6) is 0.0292. The Labute approximate surface area is 133 Å². The van der Waals surface area contributed by atoms with Crippen molar-refractivity contribution in [2.75, 3.05) is 5.73 Å². The Morgan fingerprint density at radius 1 is 1.19 bits per heavy atom. The van der Waals surface area contributed by atoms with E-state index in [9.17, 15) is 4.79 Å². The number of para-hydroxylation sites is 1. The number of nitrogens with one attached hydrogen (secondary N) is 1. The van der Waals surface area contributed by atoms with Gasteiger partial charge < -0.3 is 11.1 Å². The van der Waals surface area contributed by atoms with E-state index in [0.29, 0.717) is 12.8 Å². The topological polar surface area (TPSA) is 55.1 Å². The Morgan fingerprint density at radius 2 is 1.86 bits per heavy atom. The molecular weight excluding hydrogens is 328 g/mol. The standard InChI is InChI=1S/C17H19BrN2O/c1-12(14-7-3-4-8-15(14)18)20-17(21)11-10-13-6-2-5-9-16(13)19/h2-9,12H,10-11,19H2,1H3,(H,20,21). The van der Waals surface area contributed by atoms with E-state index < -0.39 is 0 Å². The van der Waals surface area contributed by atoms with Gasteiger partial charge >= 0.3 is 0 Å². The molecule has 0 aromatic heterocycles. The molecular formula is C17H19BrN2O. The summed E-state index contributed by atoms with van der Waals surface area (Å²) in [6.45, 7) is 1.98. The van der Waals surface area contributed by atoms with Gasteiger partial charge in [-0.05, 0) is 36.6 Å². The molecule has 0 aliphatic rings. The number of anilines is 1. The summed E-state index contributed by atoms with van der Waals surface area (Å²) in [7, 11) is 0. The molecule has 0 saturated carbocycles. The molecule has 0 aliphatic heterocycles. The van der Waals surface area contributed by atoms with Gasteiger partial charge in [0.2, 0.25) is 5.91 Å². The van der Waals surface area contributed by atoms with Gasteiger partial charge in [0.05, 0.1) is 6.04 Å². The molecule has 0 radical (unpaired) electrons. The molecule has 1 unspecified atom stereocenters. The van der Waals surface area contributed by atoms with Gasteiger partial charge in [-0.3, -0.25) is 4.79 Å². The van der Waals surface area contributed by atoms with Crippen LogP contribution in [0.15, 0.2) is 53.0 Å². The van der Waals surface area contributed by atoms with Gasteiger partial charge in [0, 0.05) is 16.6 Å². The second kappa shape index (κ2) is 7.27. The summed E-state index contributed by atoms with van der Waals surface area (Å²) in [6, 6.07) is 15.5. The first-order chi connectivity index (χ1) is 10.1. The summed E-state index contributed by atoms with van der Waals surface area (Å²) in [6.07, 6.45) is 1.09. The van der Waals surface area contributed by atoms with Crippen molar-refractivity contribution in [2.24, 2.45) is 0 Å². The van der Waals surface area contributed by atoms with Crippen molar-refractivity contribution in [3.63, 3.8) is 0 Å². The first kappa shape index (κ1) is 15.6. The lowest BCUT2D eigenvalue weighted by Crippen LogP contribution is -2.27. The smallest absolute Gasteiger partial charge is 0.220 e. The van der Waals surface area contributed by atoms with Crippen molar-refractivity contribution in [2.45, 2.75) is 25.8 Å². The van der Waals surface area contributed by atoms with Crippen LogP contribution in [-0.2, 0) is 11.2 Å². The molecule has 0 spiro atoms. The fraction of sp³-hybridized carbons (Fsp3) is 0.235. The van der Waals surface area contributed by atoms with E-state index in [1.54, 1.807) is 0 Å². The monoisotopic (exact) mass is 346 g/mol. The van der Waals surface area contributed by atoms with Crippen LogP contribution >= 0.6 is 15.9 Å². The lowest BCUT2D eigenvalue weighted by molar-refractivity contribution is -0.121. The fourth-order valence-electron chi connectivity index (χ4n) is 2.23. The molecule has 1 atom stereocenters. The van der Waals surface area contributed by atoms with Crippen LogP contribution in [-0.4, -0.2) is 5.91 Å². The van der Waals surface area contributed by atoms with Crippen LogP contribution in [0, 0.1) is 0 Å². The zero-order valence-electron chi connectivity index (χ0n) is 12.0. The number of hydrogen-bond acceptors (Lipinski definition) is 2. The number of benzene rings is 2. The zero-order valence-corrected chi connectivity index (χ0v) is 13.6. The van der Waals surface area contributed by atoms with Crippen molar-refractivity contribution < 1.29 is 4.79 Å². The Kier molecular flexibility index (Phi) is 5.39. The maximum Gasteiger partial charge on any atom is 0.220 e. The highest BCUT2D eigenvalue weighted by Gasteiger charge is 2.12. The minimum atomic E-state index is -0.0267. The van der Waals surface area contributed by atoms with E-state index in [-0.39, 0.29) is 11.9 Å². The van der Waals surface area contributed by atoms with Gasteiger partial charge in [-0.15, -0.1) is 0 Å². The van der Waals surface area contributed by atoms with Gasteiger partial charge in [-0.2, -0.15) is 0 Å². The summed E-state index contributed by atoms with van der Waals surface area (Å²) < 4.78 is 1.00. The van der Waals surface area contributed by atoms with Crippen LogP contribution in [0.1, 0.15) is 30.5 Å². The van der Waals surface area contributed by atoms with Gasteiger partial charge in [0.1, 0.15) is 0 Å². The second-order valence-corrected chi connectivity index (χ2v) is 5.86. The van der Waals surface area contributed by atoms with E-state index in [4.69, 9.17) is 5.73 Å². The average Bonchev–Trinajstić information content (AvgIpc) is 2.46. The van der Waals surface area contributed by atoms with Crippen LogP contribution < -0.4 is 11.1 Å². The minimum absolute atomic E-state index is 0.0267. The molecule has 0 bridgehead atoms. The first-order valence-electron chi connectivity index (χ1n) is 6.95. The summed E-state index contributed by atoms with van der Waals surface area (Å²) in [5.41, 5.74) is 8.71. The number of hydrogen-bond donors (Lipinski definition) is 2. The largest absolute Gasteiger partial charge is 0.399 e.